The summed E-state index contributed by atoms with van der Waals surface area (Å²) in [5.41, 5.74) is 0. The highest BCUT2D eigenvalue weighted by Crippen LogP contribution is 2.25. The van der Waals surface area contributed by atoms with Crippen molar-refractivity contribution < 1.29 is 54.5 Å². The highest BCUT2D eigenvalue weighted by Gasteiger charge is 2.48. The van der Waals surface area contributed by atoms with E-state index in [-0.39, 0.29) is 6.29 Å². The number of amides is 2. The van der Waals surface area contributed by atoms with Gasteiger partial charge in [-0.2, -0.15) is 0 Å². The molecule has 13 nitrogen and oxygen atoms in total. The molecule has 1 fully saturated rings. The molecule has 1 aliphatic rings. The molecular formula is C16H28N2O11. The monoisotopic (exact) mass is 424 g/mol. The second-order valence-corrected chi connectivity index (χ2v) is 6.64. The van der Waals surface area contributed by atoms with E-state index >= 15 is 0 Å². The Bertz CT molecular complexity index is 563. The van der Waals surface area contributed by atoms with Crippen LogP contribution >= 0.6 is 0 Å². The fraction of sp³-hybridized carbons (Fsp3) is 0.812. The molecule has 2 amide bonds. The van der Waals surface area contributed by atoms with E-state index in [0.717, 1.165) is 13.8 Å². The van der Waals surface area contributed by atoms with Crippen LogP contribution in [0.15, 0.2) is 0 Å². The zero-order valence-corrected chi connectivity index (χ0v) is 15.9. The number of carbonyl (C=O) groups is 3. The maximum Gasteiger partial charge on any atom is 0.217 e. The summed E-state index contributed by atoms with van der Waals surface area (Å²) in [5, 5.41) is 63.7. The van der Waals surface area contributed by atoms with Crippen molar-refractivity contribution in [3.05, 3.63) is 0 Å². The molecule has 1 rings (SSSR count). The summed E-state index contributed by atoms with van der Waals surface area (Å²) >= 11 is 0. The molecule has 0 aromatic carbocycles. The van der Waals surface area contributed by atoms with Gasteiger partial charge < -0.3 is 55.5 Å². The first kappa shape index (κ1) is 25.3. The molecular weight excluding hydrogens is 396 g/mol. The normalized spacial score (nSPS) is 31.2. The third-order valence-electron chi connectivity index (χ3n) is 4.33. The third kappa shape index (κ3) is 6.65. The number of hydrogen-bond acceptors (Lipinski definition) is 11. The zero-order valence-electron chi connectivity index (χ0n) is 15.9. The predicted molar refractivity (Wildman–Crippen MR) is 93.0 cm³/mol. The highest BCUT2D eigenvalue weighted by molar-refractivity contribution is 5.77. The molecule has 13 heteroatoms. The van der Waals surface area contributed by atoms with Crippen LogP contribution in [0.3, 0.4) is 0 Å². The lowest BCUT2D eigenvalue weighted by molar-refractivity contribution is -0.299. The number of hydrogen-bond donors (Lipinski definition) is 8. The van der Waals surface area contributed by atoms with Gasteiger partial charge in [-0.15, -0.1) is 0 Å². The average Bonchev–Trinajstić information content (AvgIpc) is 2.67. The second kappa shape index (κ2) is 11.5. The molecule has 1 aliphatic heterocycles. The van der Waals surface area contributed by atoms with Crippen LogP contribution in [0.4, 0.5) is 0 Å². The van der Waals surface area contributed by atoms with Crippen molar-refractivity contribution in [3.8, 4) is 0 Å². The maximum absolute atomic E-state index is 11.4. The second-order valence-electron chi connectivity index (χ2n) is 6.64. The largest absolute Gasteiger partial charge is 0.394 e. The Morgan fingerprint density at radius 2 is 1.76 bits per heavy atom. The Labute approximate surface area is 166 Å². The number of aliphatic hydroxyl groups excluding tert-OH is 6. The standard InChI is InChI=1S/C16H28N2O11/c1-6(22)17-8(3-19)12(25)15(9(24)4-20)29-16-11(18-7(2)23)14(27)13(26)10(5-21)28-16/h3,8-16,20-21,24-27H,4-5H2,1-2H3,(H,17,22)(H,18,23)/t8-,9-,10-,11-,12-,13+,14-,15-,16+/m1/s1. The molecule has 0 aromatic heterocycles. The van der Waals surface area contributed by atoms with Crippen molar-refractivity contribution in [1.29, 1.82) is 0 Å². The fourth-order valence-electron chi connectivity index (χ4n) is 2.88. The minimum absolute atomic E-state index is 0.189. The molecule has 0 aliphatic carbocycles. The number of aliphatic hydroxyl groups is 6. The van der Waals surface area contributed by atoms with Crippen LogP contribution in [-0.4, -0.2) is 117 Å². The first-order chi connectivity index (χ1) is 13.6. The minimum atomic E-state index is -1.86. The molecule has 0 spiro atoms. The topological polar surface area (TPSA) is 215 Å². The third-order valence-corrected chi connectivity index (χ3v) is 4.33. The van der Waals surface area contributed by atoms with Gasteiger partial charge in [0.05, 0.1) is 13.2 Å². The van der Waals surface area contributed by atoms with Crippen LogP contribution in [0.1, 0.15) is 13.8 Å². The van der Waals surface area contributed by atoms with E-state index in [9.17, 15) is 45.0 Å². The van der Waals surface area contributed by atoms with Crippen LogP contribution in [0, 0.1) is 0 Å². The summed E-state index contributed by atoms with van der Waals surface area (Å²) in [6, 6.07) is -2.91. The van der Waals surface area contributed by atoms with Crippen molar-refractivity contribution in [2.75, 3.05) is 13.2 Å². The highest BCUT2D eigenvalue weighted by atomic mass is 16.7. The van der Waals surface area contributed by atoms with Gasteiger partial charge in [0.15, 0.2) is 6.29 Å². The van der Waals surface area contributed by atoms with E-state index in [4.69, 9.17) is 9.47 Å². The van der Waals surface area contributed by atoms with Gasteiger partial charge in [0, 0.05) is 13.8 Å². The van der Waals surface area contributed by atoms with E-state index in [1.807, 2.05) is 0 Å². The first-order valence-electron chi connectivity index (χ1n) is 8.81. The molecule has 1 saturated heterocycles. The number of carbonyl (C=O) groups excluding carboxylic acids is 3. The van der Waals surface area contributed by atoms with Gasteiger partial charge in [0.25, 0.3) is 0 Å². The summed E-state index contributed by atoms with van der Waals surface area (Å²) in [5.74, 6) is -1.30. The smallest absolute Gasteiger partial charge is 0.217 e. The minimum Gasteiger partial charge on any atom is -0.394 e. The van der Waals surface area contributed by atoms with Gasteiger partial charge in [0.2, 0.25) is 11.8 Å². The summed E-state index contributed by atoms with van der Waals surface area (Å²) in [4.78, 5) is 33.9. The predicted octanol–water partition coefficient (Wildman–Crippen LogP) is -5.27. The number of nitrogens with one attached hydrogen (secondary N) is 2. The van der Waals surface area contributed by atoms with Crippen LogP contribution in [0.2, 0.25) is 0 Å². The molecule has 168 valence electrons. The fourth-order valence-corrected chi connectivity index (χ4v) is 2.88. The van der Waals surface area contributed by atoms with Crippen molar-refractivity contribution in [2.45, 2.75) is 68.8 Å². The lowest BCUT2D eigenvalue weighted by Gasteiger charge is -2.44. The van der Waals surface area contributed by atoms with Gasteiger partial charge in [-0.05, 0) is 0 Å². The van der Waals surface area contributed by atoms with Crippen molar-refractivity contribution in [3.63, 3.8) is 0 Å². The number of rotatable bonds is 10. The van der Waals surface area contributed by atoms with E-state index in [0.29, 0.717) is 0 Å². The van der Waals surface area contributed by atoms with Gasteiger partial charge in [-0.3, -0.25) is 9.59 Å². The molecule has 0 radical (unpaired) electrons. The van der Waals surface area contributed by atoms with Crippen LogP contribution in [-0.2, 0) is 23.9 Å². The maximum atomic E-state index is 11.4. The molecule has 1 heterocycles. The first-order valence-corrected chi connectivity index (χ1v) is 8.81. The Hall–Kier alpha value is -1.71. The van der Waals surface area contributed by atoms with Crippen molar-refractivity contribution in [1.82, 2.24) is 10.6 Å². The zero-order chi connectivity index (χ0) is 22.3. The van der Waals surface area contributed by atoms with Crippen LogP contribution in [0.25, 0.3) is 0 Å². The molecule has 0 unspecified atom stereocenters. The van der Waals surface area contributed by atoms with E-state index in [2.05, 4.69) is 10.6 Å². The lowest BCUT2D eigenvalue weighted by Crippen LogP contribution is -2.66. The van der Waals surface area contributed by atoms with Gasteiger partial charge in [0.1, 0.15) is 55.0 Å². The van der Waals surface area contributed by atoms with Crippen molar-refractivity contribution in [2.24, 2.45) is 0 Å². The SMILES string of the molecule is CC(=O)N[C@H]1[C@H](O[C@@H]([C@H](O)[C@@H](C=O)NC(C)=O)[C@H](O)CO)O[C@H](CO)[C@H](O)[C@@H]1O. The Balaban J connectivity index is 3.16. The van der Waals surface area contributed by atoms with Crippen LogP contribution < -0.4 is 10.6 Å². The average molecular weight is 424 g/mol. The molecule has 8 N–H and O–H groups in total. The van der Waals surface area contributed by atoms with Gasteiger partial charge in [-0.25, -0.2) is 0 Å². The lowest BCUT2D eigenvalue weighted by atomic mass is 9.96. The quantitative estimate of drug-likeness (QED) is 0.155. The van der Waals surface area contributed by atoms with E-state index in [1.54, 1.807) is 0 Å². The summed E-state index contributed by atoms with van der Waals surface area (Å²) in [6.07, 6.45) is -11.4. The molecule has 29 heavy (non-hydrogen) atoms. The van der Waals surface area contributed by atoms with Gasteiger partial charge in [-0.1, -0.05) is 0 Å². The molecule has 9 atom stereocenters. The Kier molecular flexibility index (Phi) is 10.0. The van der Waals surface area contributed by atoms with E-state index in [1.165, 1.54) is 0 Å². The Morgan fingerprint density at radius 1 is 1.14 bits per heavy atom. The molecule has 0 saturated carbocycles. The summed E-state index contributed by atoms with van der Waals surface area (Å²) < 4.78 is 10.8. The van der Waals surface area contributed by atoms with E-state index < -0.39 is 80.0 Å². The van der Waals surface area contributed by atoms with Gasteiger partial charge >= 0.3 is 0 Å². The summed E-state index contributed by atoms with van der Waals surface area (Å²) in [7, 11) is 0. The summed E-state index contributed by atoms with van der Waals surface area (Å²) in [6.45, 7) is 0.549. The number of ether oxygens (including phenoxy) is 2. The number of aldehydes is 1. The Morgan fingerprint density at radius 3 is 2.21 bits per heavy atom. The van der Waals surface area contributed by atoms with Crippen LogP contribution in [0.5, 0.6) is 0 Å². The molecule has 0 aromatic rings. The van der Waals surface area contributed by atoms with Crippen molar-refractivity contribution >= 4 is 18.1 Å². The molecule has 0 bridgehead atoms.